The van der Waals surface area contributed by atoms with E-state index < -0.39 is 17.5 Å². The molecule has 0 spiro atoms. The van der Waals surface area contributed by atoms with Crippen LogP contribution in [0.2, 0.25) is 0 Å². The van der Waals surface area contributed by atoms with Crippen molar-refractivity contribution in [3.8, 4) is 10.6 Å². The van der Waals surface area contributed by atoms with Crippen LogP contribution in [0.15, 0.2) is 41.5 Å². The van der Waals surface area contributed by atoms with E-state index in [-0.39, 0.29) is 11.3 Å². The molecule has 0 saturated heterocycles. The first-order valence-corrected chi connectivity index (χ1v) is 10.9. The van der Waals surface area contributed by atoms with Crippen LogP contribution < -0.4 is 10.7 Å². The molecule has 0 aliphatic heterocycles. The van der Waals surface area contributed by atoms with Crippen molar-refractivity contribution in [3.63, 3.8) is 0 Å². The second kappa shape index (κ2) is 8.24. The SMILES string of the molecule is Cc1cc(Nc2cc(=O)cc[nH]2)nc(-c2cnc([C@@]3(O)CCC(C(=O)O)C(C)C3)s2)c1. The normalized spacial score (nSPS) is 23.5. The lowest BCUT2D eigenvalue weighted by Crippen LogP contribution is -2.38. The van der Waals surface area contributed by atoms with E-state index in [9.17, 15) is 19.8 Å². The number of carbonyl (C=O) groups is 1. The van der Waals surface area contributed by atoms with Crippen LogP contribution in [0, 0.1) is 18.8 Å². The van der Waals surface area contributed by atoms with E-state index in [4.69, 9.17) is 0 Å². The third-order valence-corrected chi connectivity index (χ3v) is 6.91. The van der Waals surface area contributed by atoms with Gasteiger partial charge in [-0.2, -0.15) is 0 Å². The van der Waals surface area contributed by atoms with Crippen LogP contribution in [-0.4, -0.2) is 31.1 Å². The van der Waals surface area contributed by atoms with Gasteiger partial charge in [0.15, 0.2) is 5.43 Å². The molecule has 0 radical (unpaired) electrons. The van der Waals surface area contributed by atoms with Crippen LogP contribution in [0.5, 0.6) is 0 Å². The molecule has 1 aliphatic rings. The van der Waals surface area contributed by atoms with Gasteiger partial charge in [-0.05, 0) is 49.8 Å². The van der Waals surface area contributed by atoms with Crippen molar-refractivity contribution in [1.29, 1.82) is 0 Å². The summed E-state index contributed by atoms with van der Waals surface area (Å²) in [5, 5.41) is 24.2. The quantitative estimate of drug-likeness (QED) is 0.477. The molecule has 3 aromatic rings. The number of aliphatic carboxylic acids is 1. The number of aliphatic hydroxyl groups is 1. The highest BCUT2D eigenvalue weighted by molar-refractivity contribution is 7.15. The van der Waals surface area contributed by atoms with Crippen LogP contribution in [0.3, 0.4) is 0 Å². The zero-order chi connectivity index (χ0) is 22.2. The Bertz CT molecular complexity index is 1170. The third kappa shape index (κ3) is 4.52. The van der Waals surface area contributed by atoms with Gasteiger partial charge in [0.2, 0.25) is 0 Å². The average molecular weight is 441 g/mol. The fourth-order valence-electron chi connectivity index (χ4n) is 4.14. The van der Waals surface area contributed by atoms with Crippen LogP contribution in [-0.2, 0) is 10.4 Å². The lowest BCUT2D eigenvalue weighted by molar-refractivity contribution is -0.148. The molecular weight excluding hydrogens is 416 g/mol. The summed E-state index contributed by atoms with van der Waals surface area (Å²) in [7, 11) is 0. The fraction of sp³-hybridized carbons (Fsp3) is 0.364. The van der Waals surface area contributed by atoms with Gasteiger partial charge in [0, 0.05) is 24.5 Å². The van der Waals surface area contributed by atoms with Gasteiger partial charge in [0.1, 0.15) is 22.2 Å². The molecule has 0 amide bonds. The maximum Gasteiger partial charge on any atom is 0.306 e. The number of hydrogen-bond acceptors (Lipinski definition) is 7. The minimum Gasteiger partial charge on any atom is -0.481 e. The lowest BCUT2D eigenvalue weighted by atomic mass is 9.72. The molecule has 4 rings (SSSR count). The summed E-state index contributed by atoms with van der Waals surface area (Å²) >= 11 is 1.37. The number of aromatic amines is 1. The monoisotopic (exact) mass is 440 g/mol. The Morgan fingerprint density at radius 1 is 1.35 bits per heavy atom. The molecule has 31 heavy (non-hydrogen) atoms. The number of aromatic nitrogens is 3. The number of thiazole rings is 1. The number of nitrogens with one attached hydrogen (secondary N) is 2. The van der Waals surface area contributed by atoms with E-state index in [1.807, 2.05) is 26.0 Å². The highest BCUT2D eigenvalue weighted by Gasteiger charge is 2.43. The van der Waals surface area contributed by atoms with Crippen molar-refractivity contribution < 1.29 is 15.0 Å². The number of carboxylic acid groups (broad SMARTS) is 1. The number of hydrogen-bond donors (Lipinski definition) is 4. The molecule has 0 aromatic carbocycles. The maximum atomic E-state index is 11.6. The molecule has 0 bridgehead atoms. The van der Waals surface area contributed by atoms with E-state index in [0.717, 1.165) is 10.4 Å². The summed E-state index contributed by atoms with van der Waals surface area (Å²) in [6.45, 7) is 3.82. The Balaban J connectivity index is 1.58. The van der Waals surface area contributed by atoms with E-state index in [1.54, 1.807) is 12.4 Å². The molecule has 8 nitrogen and oxygen atoms in total. The molecule has 1 fully saturated rings. The second-order valence-corrected chi connectivity index (χ2v) is 9.23. The molecule has 3 aromatic heterocycles. The molecular formula is C22H24N4O4S. The van der Waals surface area contributed by atoms with Gasteiger partial charge in [-0.3, -0.25) is 9.59 Å². The summed E-state index contributed by atoms with van der Waals surface area (Å²) in [5.74, 6) is -0.250. The summed E-state index contributed by atoms with van der Waals surface area (Å²) < 4.78 is 0. The predicted octanol–water partition coefficient (Wildman–Crippen LogP) is 3.65. The minimum atomic E-state index is -1.12. The number of H-pyrrole nitrogens is 1. The van der Waals surface area contributed by atoms with Gasteiger partial charge in [-0.15, -0.1) is 11.3 Å². The third-order valence-electron chi connectivity index (χ3n) is 5.69. The molecule has 162 valence electrons. The minimum absolute atomic E-state index is 0.110. The van der Waals surface area contributed by atoms with Gasteiger partial charge in [0.25, 0.3) is 0 Å². The van der Waals surface area contributed by atoms with Crippen molar-refractivity contribution >= 4 is 28.9 Å². The van der Waals surface area contributed by atoms with Crippen LogP contribution in [0.4, 0.5) is 11.6 Å². The highest BCUT2D eigenvalue weighted by Crippen LogP contribution is 2.45. The molecule has 1 aliphatic carbocycles. The number of nitrogens with zero attached hydrogens (tertiary/aromatic N) is 2. The average Bonchev–Trinajstić information content (AvgIpc) is 3.18. The fourth-order valence-corrected chi connectivity index (χ4v) is 5.14. The Hall–Kier alpha value is -3.04. The highest BCUT2D eigenvalue weighted by atomic mass is 32.1. The molecule has 2 unspecified atom stereocenters. The van der Waals surface area contributed by atoms with Crippen molar-refractivity contribution in [1.82, 2.24) is 15.0 Å². The molecule has 9 heteroatoms. The zero-order valence-electron chi connectivity index (χ0n) is 17.3. The van der Waals surface area contributed by atoms with Gasteiger partial charge >= 0.3 is 5.97 Å². The van der Waals surface area contributed by atoms with Crippen molar-refractivity contribution in [2.75, 3.05) is 5.32 Å². The Morgan fingerprint density at radius 3 is 2.87 bits per heavy atom. The van der Waals surface area contributed by atoms with E-state index in [2.05, 4.69) is 20.3 Å². The van der Waals surface area contributed by atoms with Crippen molar-refractivity contribution in [2.45, 2.75) is 38.7 Å². The first-order valence-electron chi connectivity index (χ1n) is 10.1. The van der Waals surface area contributed by atoms with Crippen LogP contribution >= 0.6 is 11.3 Å². The van der Waals surface area contributed by atoms with Gasteiger partial charge in [-0.25, -0.2) is 9.97 Å². The number of aryl methyl sites for hydroxylation is 1. The largest absolute Gasteiger partial charge is 0.481 e. The number of pyridine rings is 2. The Labute approximate surface area is 183 Å². The summed E-state index contributed by atoms with van der Waals surface area (Å²) in [6.07, 6.45) is 4.43. The number of rotatable bonds is 5. The van der Waals surface area contributed by atoms with Gasteiger partial charge in [0.05, 0.1) is 16.5 Å². The van der Waals surface area contributed by atoms with Crippen LogP contribution in [0.25, 0.3) is 10.6 Å². The first-order chi connectivity index (χ1) is 14.7. The summed E-state index contributed by atoms with van der Waals surface area (Å²) in [5.41, 5.74) is 0.458. The molecule has 1 saturated carbocycles. The zero-order valence-corrected chi connectivity index (χ0v) is 18.1. The van der Waals surface area contributed by atoms with Gasteiger partial charge < -0.3 is 20.5 Å². The van der Waals surface area contributed by atoms with Crippen LogP contribution in [0.1, 0.15) is 36.8 Å². The Kier molecular flexibility index (Phi) is 5.63. The first kappa shape index (κ1) is 21.2. The lowest BCUT2D eigenvalue weighted by Gasteiger charge is -2.37. The van der Waals surface area contributed by atoms with E-state index >= 15 is 0 Å². The summed E-state index contributed by atoms with van der Waals surface area (Å²) in [4.78, 5) is 35.8. The maximum absolute atomic E-state index is 11.6. The predicted molar refractivity (Wildman–Crippen MR) is 118 cm³/mol. The van der Waals surface area contributed by atoms with Crippen molar-refractivity contribution in [3.05, 3.63) is 57.5 Å². The smallest absolute Gasteiger partial charge is 0.306 e. The van der Waals surface area contributed by atoms with Gasteiger partial charge in [-0.1, -0.05) is 6.92 Å². The number of anilines is 2. The molecule has 4 N–H and O–H groups in total. The molecule has 3 atom stereocenters. The standard InChI is InChI=1S/C22H24N4O4S/c1-12-7-16(25-19(8-12)26-18-9-14(27)4-6-23-18)17-11-24-21(31-17)22(30)5-3-15(20(28)29)13(2)10-22/h4,6-9,11,13,15,30H,3,5,10H2,1-2H3,(H,28,29)(H2,23,25,26,27)/t13?,15?,22-/m1/s1. The molecule has 3 heterocycles. The topological polar surface area (TPSA) is 128 Å². The Morgan fingerprint density at radius 2 is 2.16 bits per heavy atom. The second-order valence-electron chi connectivity index (χ2n) is 8.20. The summed E-state index contributed by atoms with van der Waals surface area (Å²) in [6, 6.07) is 6.71. The van der Waals surface area contributed by atoms with E-state index in [0.29, 0.717) is 41.6 Å². The number of carboxylic acids is 1. The van der Waals surface area contributed by atoms with E-state index in [1.165, 1.54) is 23.5 Å². The van der Waals surface area contributed by atoms with Crippen molar-refractivity contribution in [2.24, 2.45) is 11.8 Å².